The van der Waals surface area contributed by atoms with E-state index in [2.05, 4.69) is 36.2 Å². The van der Waals surface area contributed by atoms with E-state index in [-0.39, 0.29) is 5.91 Å². The van der Waals surface area contributed by atoms with Crippen molar-refractivity contribution in [3.8, 4) is 17.0 Å². The molecule has 1 amide bonds. The summed E-state index contributed by atoms with van der Waals surface area (Å²) in [4.78, 5) is 21.5. The Morgan fingerprint density at radius 3 is 2.74 bits per heavy atom. The number of anilines is 3. The van der Waals surface area contributed by atoms with Crippen molar-refractivity contribution in [1.82, 2.24) is 35.3 Å². The van der Waals surface area contributed by atoms with Gasteiger partial charge in [-0.25, -0.2) is 0 Å². The van der Waals surface area contributed by atoms with Crippen LogP contribution in [0.1, 0.15) is 42.5 Å². The average molecular weight is 476 g/mol. The number of H-pyrrole nitrogens is 1. The van der Waals surface area contributed by atoms with Crippen molar-refractivity contribution < 1.29 is 9.53 Å². The van der Waals surface area contributed by atoms with Gasteiger partial charge >= 0.3 is 0 Å². The second-order valence-electron chi connectivity index (χ2n) is 8.69. The van der Waals surface area contributed by atoms with Gasteiger partial charge in [-0.2, -0.15) is 20.2 Å². The van der Waals surface area contributed by atoms with Gasteiger partial charge in [-0.15, -0.1) is 0 Å². The van der Waals surface area contributed by atoms with E-state index in [1.54, 1.807) is 43.2 Å². The van der Waals surface area contributed by atoms with Gasteiger partial charge in [-0.05, 0) is 31.0 Å². The van der Waals surface area contributed by atoms with Gasteiger partial charge < -0.3 is 20.7 Å². The second-order valence-corrected chi connectivity index (χ2v) is 8.69. The molecule has 0 saturated heterocycles. The van der Waals surface area contributed by atoms with Crippen LogP contribution in [0.15, 0.2) is 30.6 Å². The third kappa shape index (κ3) is 4.61. The zero-order valence-electron chi connectivity index (χ0n) is 20.1. The molecule has 1 aromatic carbocycles. The summed E-state index contributed by atoms with van der Waals surface area (Å²) in [5, 5.41) is 22.2. The van der Waals surface area contributed by atoms with Crippen molar-refractivity contribution in [2.75, 3.05) is 24.8 Å². The SMILES string of the molecule is CNC(=O)c1ccc(Nc2nc(NC3CCCCC3)c3c(-c4cnn(C)c4)n[nH]c3n2)c(OC)c1. The lowest BCUT2D eigenvalue weighted by Crippen LogP contribution is -2.23. The van der Waals surface area contributed by atoms with Crippen molar-refractivity contribution >= 4 is 34.4 Å². The Balaban J connectivity index is 1.55. The Morgan fingerprint density at radius 2 is 2.03 bits per heavy atom. The third-order valence-corrected chi connectivity index (χ3v) is 6.28. The number of hydrogen-bond donors (Lipinski definition) is 4. The van der Waals surface area contributed by atoms with Gasteiger partial charge in [0.25, 0.3) is 5.91 Å². The molecule has 3 heterocycles. The highest BCUT2D eigenvalue weighted by Crippen LogP contribution is 2.34. The van der Waals surface area contributed by atoms with E-state index in [0.29, 0.717) is 34.6 Å². The fourth-order valence-electron chi connectivity index (χ4n) is 4.48. The Kier molecular flexibility index (Phi) is 6.21. The normalized spacial score (nSPS) is 14.1. The first-order valence-electron chi connectivity index (χ1n) is 11.7. The molecule has 5 rings (SSSR count). The van der Waals surface area contributed by atoms with Crippen LogP contribution in [0.3, 0.4) is 0 Å². The van der Waals surface area contributed by atoms with Crippen molar-refractivity contribution in [1.29, 1.82) is 0 Å². The van der Waals surface area contributed by atoms with E-state index in [1.165, 1.54) is 19.3 Å². The quantitative estimate of drug-likeness (QED) is 0.318. The van der Waals surface area contributed by atoms with Crippen LogP contribution in [0.25, 0.3) is 22.3 Å². The number of methoxy groups -OCH3 is 1. The summed E-state index contributed by atoms with van der Waals surface area (Å²) in [5.41, 5.74) is 3.41. The molecular weight excluding hydrogens is 446 g/mol. The fourth-order valence-corrected chi connectivity index (χ4v) is 4.48. The highest BCUT2D eigenvalue weighted by atomic mass is 16.5. The lowest BCUT2D eigenvalue weighted by Gasteiger charge is -2.24. The van der Waals surface area contributed by atoms with E-state index in [9.17, 15) is 4.79 Å². The number of carbonyl (C=O) groups is 1. The molecule has 0 aliphatic heterocycles. The molecule has 182 valence electrons. The van der Waals surface area contributed by atoms with Crippen molar-refractivity contribution in [3.63, 3.8) is 0 Å². The summed E-state index contributed by atoms with van der Waals surface area (Å²) < 4.78 is 7.26. The number of fused-ring (bicyclic) bond motifs is 1. The number of ether oxygens (including phenoxy) is 1. The van der Waals surface area contributed by atoms with Crippen LogP contribution in [-0.2, 0) is 7.05 Å². The van der Waals surface area contributed by atoms with Crippen LogP contribution in [0.5, 0.6) is 5.75 Å². The Morgan fingerprint density at radius 1 is 1.20 bits per heavy atom. The largest absolute Gasteiger partial charge is 0.495 e. The number of amides is 1. The predicted molar refractivity (Wildman–Crippen MR) is 134 cm³/mol. The standard InChI is InChI=1S/C24H29N9O2/c1-25-23(34)14-9-10-17(18(11-14)35-3)28-24-29-21(27-16-7-5-4-6-8-16)19-20(31-32-22(19)30-24)15-12-26-33(2)13-15/h9-13,16H,4-8H2,1-3H3,(H,25,34)(H3,27,28,29,30,31,32). The molecule has 35 heavy (non-hydrogen) atoms. The fraction of sp³-hybridized carbons (Fsp3) is 0.375. The number of aromatic amines is 1. The molecule has 1 aliphatic carbocycles. The molecule has 0 bridgehead atoms. The van der Waals surface area contributed by atoms with Gasteiger partial charge in [0.05, 0.1) is 24.4 Å². The number of nitrogens with one attached hydrogen (secondary N) is 4. The van der Waals surface area contributed by atoms with Crippen molar-refractivity contribution in [2.45, 2.75) is 38.1 Å². The average Bonchev–Trinajstić information content (AvgIpc) is 3.50. The van der Waals surface area contributed by atoms with Crippen LogP contribution in [0.2, 0.25) is 0 Å². The number of rotatable bonds is 7. The summed E-state index contributed by atoms with van der Waals surface area (Å²) in [6.45, 7) is 0. The van der Waals surface area contributed by atoms with Gasteiger partial charge in [0.2, 0.25) is 5.95 Å². The molecule has 1 fully saturated rings. The molecule has 11 nitrogen and oxygen atoms in total. The van der Waals surface area contributed by atoms with Crippen LogP contribution < -0.4 is 20.7 Å². The van der Waals surface area contributed by atoms with Crippen LogP contribution in [0.4, 0.5) is 17.5 Å². The minimum absolute atomic E-state index is 0.188. The topological polar surface area (TPSA) is 135 Å². The molecule has 11 heteroatoms. The zero-order chi connectivity index (χ0) is 24.4. The smallest absolute Gasteiger partial charge is 0.251 e. The Bertz CT molecular complexity index is 1350. The molecule has 0 atom stereocenters. The molecule has 0 spiro atoms. The molecule has 0 unspecified atom stereocenters. The summed E-state index contributed by atoms with van der Waals surface area (Å²) in [5.74, 6) is 1.44. The maximum Gasteiger partial charge on any atom is 0.251 e. The van der Waals surface area contributed by atoms with E-state index in [4.69, 9.17) is 9.72 Å². The van der Waals surface area contributed by atoms with E-state index in [1.807, 2.05) is 13.2 Å². The first-order chi connectivity index (χ1) is 17.1. The number of aryl methyl sites for hydroxylation is 1. The molecular formula is C24H29N9O2. The summed E-state index contributed by atoms with van der Waals surface area (Å²) in [6.07, 6.45) is 9.57. The Hall–Kier alpha value is -4.15. The Labute approximate surface area is 202 Å². The number of hydrogen-bond acceptors (Lipinski definition) is 8. The highest BCUT2D eigenvalue weighted by molar-refractivity contribution is 5.99. The van der Waals surface area contributed by atoms with Gasteiger partial charge in [-0.1, -0.05) is 19.3 Å². The van der Waals surface area contributed by atoms with E-state index < -0.39 is 0 Å². The van der Waals surface area contributed by atoms with Gasteiger partial charge in [0.15, 0.2) is 5.65 Å². The maximum absolute atomic E-state index is 12.0. The molecule has 1 saturated carbocycles. The van der Waals surface area contributed by atoms with Gasteiger partial charge in [0.1, 0.15) is 17.3 Å². The predicted octanol–water partition coefficient (Wildman–Crippen LogP) is 3.61. The lowest BCUT2D eigenvalue weighted by atomic mass is 9.95. The summed E-state index contributed by atoms with van der Waals surface area (Å²) in [6, 6.07) is 5.52. The first-order valence-corrected chi connectivity index (χ1v) is 11.7. The van der Waals surface area contributed by atoms with E-state index >= 15 is 0 Å². The number of aromatic nitrogens is 6. The zero-order valence-corrected chi connectivity index (χ0v) is 20.1. The van der Waals surface area contributed by atoms with Crippen molar-refractivity contribution in [3.05, 3.63) is 36.2 Å². The second kappa shape index (κ2) is 9.61. The molecule has 3 aromatic heterocycles. The maximum atomic E-state index is 12.0. The number of carbonyl (C=O) groups excluding carboxylic acids is 1. The number of nitrogens with zero attached hydrogens (tertiary/aromatic N) is 5. The van der Waals surface area contributed by atoms with Crippen LogP contribution in [0, 0.1) is 0 Å². The first kappa shape index (κ1) is 22.6. The summed E-state index contributed by atoms with van der Waals surface area (Å²) >= 11 is 0. The van der Waals surface area contributed by atoms with Crippen LogP contribution in [-0.4, -0.2) is 56.1 Å². The monoisotopic (exact) mass is 475 g/mol. The van der Waals surface area contributed by atoms with Crippen molar-refractivity contribution in [2.24, 2.45) is 7.05 Å². The minimum Gasteiger partial charge on any atom is -0.495 e. The molecule has 4 aromatic rings. The molecule has 0 radical (unpaired) electrons. The lowest BCUT2D eigenvalue weighted by molar-refractivity contribution is 0.0963. The van der Waals surface area contributed by atoms with Gasteiger partial charge in [0, 0.05) is 37.5 Å². The molecule has 4 N–H and O–H groups in total. The highest BCUT2D eigenvalue weighted by Gasteiger charge is 2.22. The summed E-state index contributed by atoms with van der Waals surface area (Å²) in [7, 11) is 5.03. The molecule has 1 aliphatic rings. The third-order valence-electron chi connectivity index (χ3n) is 6.28. The minimum atomic E-state index is -0.188. The van der Waals surface area contributed by atoms with Gasteiger partial charge in [-0.3, -0.25) is 14.6 Å². The number of benzene rings is 1. The van der Waals surface area contributed by atoms with E-state index in [0.717, 1.165) is 35.3 Å². The van der Waals surface area contributed by atoms with Crippen LogP contribution >= 0.6 is 0 Å².